The van der Waals surface area contributed by atoms with Crippen molar-refractivity contribution in [3.63, 3.8) is 0 Å². The first-order chi connectivity index (χ1) is 12.0. The van der Waals surface area contributed by atoms with Crippen LogP contribution >= 0.6 is 12.2 Å². The maximum absolute atomic E-state index is 11.5. The molecule has 0 bridgehead atoms. The number of carbonyl (C=O) groups excluding carboxylic acids is 2. The van der Waals surface area contributed by atoms with Crippen LogP contribution in [-0.4, -0.2) is 35.4 Å². The molecule has 6 nitrogen and oxygen atoms in total. The van der Waals surface area contributed by atoms with Crippen LogP contribution in [0.25, 0.3) is 0 Å². The van der Waals surface area contributed by atoms with Gasteiger partial charge in [-0.25, -0.2) is 4.79 Å². The molecule has 25 heavy (non-hydrogen) atoms. The predicted molar refractivity (Wildman–Crippen MR) is 97.0 cm³/mol. The molecule has 0 saturated carbocycles. The van der Waals surface area contributed by atoms with Gasteiger partial charge in [-0.3, -0.25) is 14.5 Å². The van der Waals surface area contributed by atoms with Crippen molar-refractivity contribution in [2.24, 2.45) is 0 Å². The Balaban J connectivity index is 2.57. The monoisotopic (exact) mass is 357 g/mol. The second-order valence-corrected chi connectivity index (χ2v) is 5.29. The SMILES string of the molecule is CCOC(=S)N(c1ccc(C(=O)O)cc1)c1ccc(C=O)cc1C=O. The quantitative estimate of drug-likeness (QED) is 0.626. The highest BCUT2D eigenvalue weighted by Gasteiger charge is 2.20. The molecule has 0 radical (unpaired) electrons. The minimum Gasteiger partial charge on any atom is -0.478 e. The highest BCUT2D eigenvalue weighted by Crippen LogP contribution is 2.30. The molecular formula is C18H15NO5S. The van der Waals surface area contributed by atoms with Crippen LogP contribution in [0.2, 0.25) is 0 Å². The average molecular weight is 357 g/mol. The van der Waals surface area contributed by atoms with Gasteiger partial charge < -0.3 is 9.84 Å². The van der Waals surface area contributed by atoms with Gasteiger partial charge in [-0.1, -0.05) is 0 Å². The molecule has 0 aliphatic carbocycles. The van der Waals surface area contributed by atoms with Crippen molar-refractivity contribution >= 4 is 47.3 Å². The van der Waals surface area contributed by atoms with Crippen molar-refractivity contribution in [2.75, 3.05) is 11.5 Å². The molecule has 2 rings (SSSR count). The van der Waals surface area contributed by atoms with Gasteiger partial charge >= 0.3 is 5.97 Å². The summed E-state index contributed by atoms with van der Waals surface area (Å²) < 4.78 is 5.40. The van der Waals surface area contributed by atoms with Gasteiger partial charge in [0.1, 0.15) is 6.29 Å². The van der Waals surface area contributed by atoms with Gasteiger partial charge in [0.05, 0.1) is 17.9 Å². The number of nitrogens with zero attached hydrogens (tertiary/aromatic N) is 1. The molecule has 0 aliphatic heterocycles. The van der Waals surface area contributed by atoms with E-state index in [1.165, 1.54) is 23.1 Å². The maximum Gasteiger partial charge on any atom is 0.335 e. The largest absolute Gasteiger partial charge is 0.478 e. The third-order valence-electron chi connectivity index (χ3n) is 3.38. The molecule has 0 amide bonds. The zero-order valence-electron chi connectivity index (χ0n) is 13.3. The van der Waals surface area contributed by atoms with Crippen molar-refractivity contribution in [3.8, 4) is 0 Å². The lowest BCUT2D eigenvalue weighted by Crippen LogP contribution is -2.27. The van der Waals surface area contributed by atoms with Gasteiger partial charge in [0, 0.05) is 16.8 Å². The minimum absolute atomic E-state index is 0.104. The predicted octanol–water partition coefficient (Wildman–Crippen LogP) is 3.47. The number of aromatic carboxylic acids is 1. The molecule has 1 N–H and O–H groups in total. The Bertz CT molecular complexity index is 817. The summed E-state index contributed by atoms with van der Waals surface area (Å²) in [6.07, 6.45) is 1.26. The molecular weight excluding hydrogens is 342 g/mol. The summed E-state index contributed by atoms with van der Waals surface area (Å²) in [7, 11) is 0. The third kappa shape index (κ3) is 4.07. The van der Waals surface area contributed by atoms with Crippen molar-refractivity contribution in [3.05, 3.63) is 59.2 Å². The number of hydrogen-bond donors (Lipinski definition) is 1. The lowest BCUT2D eigenvalue weighted by Gasteiger charge is -2.26. The number of carbonyl (C=O) groups is 3. The molecule has 2 aromatic rings. The molecule has 0 fully saturated rings. The Morgan fingerprint density at radius 1 is 1.16 bits per heavy atom. The fraction of sp³-hybridized carbons (Fsp3) is 0.111. The van der Waals surface area contributed by atoms with Crippen LogP contribution in [0.15, 0.2) is 42.5 Å². The lowest BCUT2D eigenvalue weighted by atomic mass is 10.1. The van der Waals surface area contributed by atoms with Gasteiger partial charge in [0.2, 0.25) is 0 Å². The number of benzene rings is 2. The standard InChI is InChI=1S/C18H15NO5S/c1-2-24-18(25)19(15-6-4-13(5-7-15)17(22)23)16-8-3-12(10-20)9-14(16)11-21/h3-11H,2H2,1H3,(H,22,23). The zero-order chi connectivity index (χ0) is 18.4. The van der Waals surface area contributed by atoms with Crippen LogP contribution < -0.4 is 4.90 Å². The van der Waals surface area contributed by atoms with Crippen LogP contribution in [0, 0.1) is 0 Å². The van der Waals surface area contributed by atoms with Crippen molar-refractivity contribution in [2.45, 2.75) is 6.92 Å². The second kappa shape index (κ2) is 8.16. The Labute approximate surface area is 149 Å². The van der Waals surface area contributed by atoms with E-state index in [1.54, 1.807) is 31.2 Å². The highest BCUT2D eigenvalue weighted by molar-refractivity contribution is 7.80. The average Bonchev–Trinajstić information content (AvgIpc) is 2.62. The molecule has 2 aromatic carbocycles. The van der Waals surface area contributed by atoms with Crippen molar-refractivity contribution < 1.29 is 24.2 Å². The van der Waals surface area contributed by atoms with E-state index in [4.69, 9.17) is 22.1 Å². The fourth-order valence-electron chi connectivity index (χ4n) is 2.23. The van der Waals surface area contributed by atoms with Crippen LogP contribution in [0.5, 0.6) is 0 Å². The van der Waals surface area contributed by atoms with Crippen molar-refractivity contribution in [1.82, 2.24) is 0 Å². The summed E-state index contributed by atoms with van der Waals surface area (Å²) >= 11 is 5.29. The van der Waals surface area contributed by atoms with Gasteiger partial charge in [-0.2, -0.15) is 0 Å². The molecule has 0 heterocycles. The van der Waals surface area contributed by atoms with Crippen LogP contribution in [0.1, 0.15) is 38.0 Å². The molecule has 128 valence electrons. The van der Waals surface area contributed by atoms with E-state index >= 15 is 0 Å². The van der Waals surface area contributed by atoms with Gasteiger partial charge in [-0.15, -0.1) is 0 Å². The van der Waals surface area contributed by atoms with Crippen LogP contribution in [-0.2, 0) is 4.74 Å². The first-order valence-corrected chi connectivity index (χ1v) is 7.77. The Hall–Kier alpha value is -3.06. The van der Waals surface area contributed by atoms with E-state index in [0.29, 0.717) is 36.1 Å². The first kappa shape index (κ1) is 18.3. The number of hydrogen-bond acceptors (Lipinski definition) is 5. The number of ether oxygens (including phenoxy) is 1. The molecule has 0 unspecified atom stereocenters. The number of carboxylic acids is 1. The number of carboxylic acid groups (broad SMARTS) is 1. The summed E-state index contributed by atoms with van der Waals surface area (Å²) in [5, 5.41) is 9.13. The second-order valence-electron chi connectivity index (χ2n) is 4.94. The van der Waals surface area contributed by atoms with Gasteiger partial charge in [-0.05, 0) is 61.6 Å². The van der Waals surface area contributed by atoms with E-state index < -0.39 is 5.97 Å². The summed E-state index contributed by atoms with van der Waals surface area (Å²) in [5.41, 5.74) is 1.70. The topological polar surface area (TPSA) is 83.9 Å². The molecule has 7 heteroatoms. The zero-order valence-corrected chi connectivity index (χ0v) is 14.2. The Morgan fingerprint density at radius 3 is 2.36 bits per heavy atom. The van der Waals surface area contributed by atoms with E-state index in [1.807, 2.05) is 0 Å². The number of anilines is 2. The maximum atomic E-state index is 11.5. The summed E-state index contributed by atoms with van der Waals surface area (Å²) in [6, 6.07) is 10.6. The minimum atomic E-state index is -1.05. The summed E-state index contributed by atoms with van der Waals surface area (Å²) in [4.78, 5) is 34.9. The Morgan fingerprint density at radius 2 is 1.84 bits per heavy atom. The summed E-state index contributed by atoms with van der Waals surface area (Å²) in [6.45, 7) is 2.10. The van der Waals surface area contributed by atoms with E-state index in [2.05, 4.69) is 0 Å². The molecule has 0 atom stereocenters. The van der Waals surface area contributed by atoms with E-state index in [-0.39, 0.29) is 16.3 Å². The first-order valence-electron chi connectivity index (χ1n) is 7.36. The number of aldehydes is 2. The van der Waals surface area contributed by atoms with Gasteiger partial charge in [0.25, 0.3) is 5.17 Å². The molecule has 0 saturated heterocycles. The van der Waals surface area contributed by atoms with Crippen LogP contribution in [0.3, 0.4) is 0 Å². The highest BCUT2D eigenvalue weighted by atomic mass is 32.1. The summed E-state index contributed by atoms with van der Waals surface area (Å²) in [5.74, 6) is -1.05. The molecule has 0 spiro atoms. The fourth-order valence-corrected chi connectivity index (χ4v) is 2.55. The van der Waals surface area contributed by atoms with Crippen molar-refractivity contribution in [1.29, 1.82) is 0 Å². The van der Waals surface area contributed by atoms with Gasteiger partial charge in [0.15, 0.2) is 6.29 Å². The third-order valence-corrected chi connectivity index (χ3v) is 3.68. The Kier molecular flexibility index (Phi) is 5.97. The van der Waals surface area contributed by atoms with E-state index in [9.17, 15) is 14.4 Å². The smallest absolute Gasteiger partial charge is 0.335 e. The van der Waals surface area contributed by atoms with Crippen LogP contribution in [0.4, 0.5) is 11.4 Å². The normalized spacial score (nSPS) is 9.96. The van der Waals surface area contributed by atoms with E-state index in [0.717, 1.165) is 0 Å². The number of thiocarbonyl (C=S) groups is 1. The number of rotatable bonds is 6. The molecule has 0 aliphatic rings. The lowest BCUT2D eigenvalue weighted by molar-refractivity contribution is 0.0696. The molecule has 0 aromatic heterocycles.